The standard InChI is InChI=1S/C23H37NO2/c1-15-8-7-10-18(24(15)4)11-12-20-21-16(2)26-22(25)19(21)14-17-9-5-6-13-23(17,20)3/h11-12,15-21H,5-10,13-14H2,1-4H3/b12-11+/t15-,16-,17+,18+,19-,20?,21-,23-/m0/s1. The van der Waals surface area contributed by atoms with Gasteiger partial charge in [-0.3, -0.25) is 9.69 Å². The van der Waals surface area contributed by atoms with Crippen molar-refractivity contribution in [1.29, 1.82) is 0 Å². The largest absolute Gasteiger partial charge is 0.462 e. The van der Waals surface area contributed by atoms with Crippen LogP contribution in [0.3, 0.4) is 0 Å². The van der Waals surface area contributed by atoms with Gasteiger partial charge in [0.1, 0.15) is 6.10 Å². The first-order chi connectivity index (χ1) is 12.4. The fraction of sp³-hybridized carbons (Fsp3) is 0.870. The van der Waals surface area contributed by atoms with Gasteiger partial charge in [-0.05, 0) is 70.3 Å². The maximum absolute atomic E-state index is 12.5. The molecule has 0 N–H and O–H groups in total. The lowest BCUT2D eigenvalue weighted by atomic mass is 9.49. The van der Waals surface area contributed by atoms with E-state index in [1.807, 2.05) is 0 Å². The van der Waals surface area contributed by atoms with Gasteiger partial charge in [-0.25, -0.2) is 0 Å². The summed E-state index contributed by atoms with van der Waals surface area (Å²) in [4.78, 5) is 15.0. The summed E-state index contributed by atoms with van der Waals surface area (Å²) in [7, 11) is 2.28. The monoisotopic (exact) mass is 359 g/mol. The smallest absolute Gasteiger partial charge is 0.309 e. The normalized spacial score (nSPS) is 49.7. The van der Waals surface area contributed by atoms with Crippen LogP contribution in [0.5, 0.6) is 0 Å². The highest BCUT2D eigenvalue weighted by molar-refractivity contribution is 5.75. The first-order valence-corrected chi connectivity index (χ1v) is 11.0. The van der Waals surface area contributed by atoms with E-state index in [2.05, 4.69) is 44.9 Å². The Morgan fingerprint density at radius 2 is 1.92 bits per heavy atom. The molecular weight excluding hydrogens is 322 g/mol. The summed E-state index contributed by atoms with van der Waals surface area (Å²) in [6, 6.07) is 1.23. The highest BCUT2D eigenvalue weighted by Gasteiger charge is 2.58. The summed E-state index contributed by atoms with van der Waals surface area (Å²) in [6.07, 6.45) is 15.4. The number of rotatable bonds is 2. The van der Waals surface area contributed by atoms with Crippen LogP contribution in [0.4, 0.5) is 0 Å². The Kier molecular flexibility index (Phi) is 4.96. The zero-order chi connectivity index (χ0) is 18.5. The molecule has 0 aromatic rings. The number of likely N-dealkylation sites (N-methyl/N-ethyl adjacent to an activating group) is 1. The molecule has 4 rings (SSSR count). The van der Waals surface area contributed by atoms with Gasteiger partial charge in [-0.1, -0.05) is 38.3 Å². The Labute approximate surface area is 159 Å². The molecule has 2 saturated heterocycles. The molecule has 1 unspecified atom stereocenters. The predicted octanol–water partition coefficient (Wildman–Crippen LogP) is 4.81. The van der Waals surface area contributed by atoms with Crippen molar-refractivity contribution in [2.45, 2.75) is 90.3 Å². The molecule has 146 valence electrons. The quantitative estimate of drug-likeness (QED) is 0.523. The average Bonchev–Trinajstić information content (AvgIpc) is 2.89. The second-order valence-corrected chi connectivity index (χ2v) is 9.93. The minimum Gasteiger partial charge on any atom is -0.462 e. The van der Waals surface area contributed by atoms with Gasteiger partial charge in [0.05, 0.1) is 5.92 Å². The number of hydrogen-bond acceptors (Lipinski definition) is 3. The molecule has 0 spiro atoms. The number of carbonyl (C=O) groups excluding carboxylic acids is 1. The number of likely N-dealkylation sites (tertiary alicyclic amines) is 1. The maximum atomic E-state index is 12.5. The molecular formula is C23H37NO2. The van der Waals surface area contributed by atoms with Crippen molar-refractivity contribution in [3.8, 4) is 0 Å². The van der Waals surface area contributed by atoms with Crippen LogP contribution in [0.1, 0.15) is 72.1 Å². The molecule has 0 bridgehead atoms. The van der Waals surface area contributed by atoms with E-state index in [9.17, 15) is 4.79 Å². The Morgan fingerprint density at radius 3 is 2.73 bits per heavy atom. The molecule has 2 saturated carbocycles. The molecule has 26 heavy (non-hydrogen) atoms. The lowest BCUT2D eigenvalue weighted by Crippen LogP contribution is -2.50. The molecule has 8 atom stereocenters. The highest BCUT2D eigenvalue weighted by Crippen LogP contribution is 2.60. The van der Waals surface area contributed by atoms with E-state index < -0.39 is 0 Å². The van der Waals surface area contributed by atoms with Crippen LogP contribution < -0.4 is 0 Å². The van der Waals surface area contributed by atoms with Crippen molar-refractivity contribution in [3.05, 3.63) is 12.2 Å². The fourth-order valence-corrected chi connectivity index (χ4v) is 6.82. The fourth-order valence-electron chi connectivity index (χ4n) is 6.82. The number of cyclic esters (lactones) is 1. The average molecular weight is 360 g/mol. The van der Waals surface area contributed by atoms with E-state index in [1.54, 1.807) is 0 Å². The second-order valence-electron chi connectivity index (χ2n) is 9.93. The summed E-state index contributed by atoms with van der Waals surface area (Å²) in [6.45, 7) is 7.00. The van der Waals surface area contributed by atoms with Crippen LogP contribution in [-0.2, 0) is 9.53 Å². The molecule has 2 heterocycles. The van der Waals surface area contributed by atoms with E-state index in [-0.39, 0.29) is 18.0 Å². The van der Waals surface area contributed by atoms with Crippen molar-refractivity contribution in [3.63, 3.8) is 0 Å². The third kappa shape index (κ3) is 2.95. The minimum absolute atomic E-state index is 0.0739. The molecule has 0 radical (unpaired) electrons. The van der Waals surface area contributed by atoms with E-state index in [0.29, 0.717) is 35.3 Å². The zero-order valence-corrected chi connectivity index (χ0v) is 17.1. The van der Waals surface area contributed by atoms with Gasteiger partial charge in [-0.15, -0.1) is 0 Å². The number of piperidine rings is 1. The Bertz CT molecular complexity index is 573. The molecule has 3 nitrogen and oxygen atoms in total. The van der Waals surface area contributed by atoms with Crippen molar-refractivity contribution < 1.29 is 9.53 Å². The zero-order valence-electron chi connectivity index (χ0n) is 17.1. The Balaban J connectivity index is 1.63. The van der Waals surface area contributed by atoms with Crippen LogP contribution in [0.15, 0.2) is 12.2 Å². The van der Waals surface area contributed by atoms with E-state index in [1.165, 1.54) is 44.9 Å². The van der Waals surface area contributed by atoms with Crippen LogP contribution in [-0.4, -0.2) is 36.1 Å². The SMILES string of the molecule is C[C@@H]1OC(=O)[C@H]2C[C@H]3CCCC[C@]3(C)C(/C=C/[C@H]3CCC[C@H](C)N3C)[C@@H]12. The van der Waals surface area contributed by atoms with Gasteiger partial charge in [0, 0.05) is 18.0 Å². The number of esters is 1. The third-order valence-corrected chi connectivity index (χ3v) is 8.66. The van der Waals surface area contributed by atoms with Crippen LogP contribution in [0.2, 0.25) is 0 Å². The number of carbonyl (C=O) groups is 1. The summed E-state index contributed by atoms with van der Waals surface area (Å²) >= 11 is 0. The van der Waals surface area contributed by atoms with Crippen LogP contribution in [0.25, 0.3) is 0 Å². The van der Waals surface area contributed by atoms with Crippen molar-refractivity contribution >= 4 is 5.97 Å². The third-order valence-electron chi connectivity index (χ3n) is 8.66. The topological polar surface area (TPSA) is 29.5 Å². The van der Waals surface area contributed by atoms with Gasteiger partial charge in [0.15, 0.2) is 0 Å². The number of hydrogen-bond donors (Lipinski definition) is 0. The Hall–Kier alpha value is -0.830. The van der Waals surface area contributed by atoms with Crippen molar-refractivity contribution in [2.24, 2.45) is 29.1 Å². The molecule has 4 aliphatic rings. The minimum atomic E-state index is 0.0739. The van der Waals surface area contributed by atoms with Gasteiger partial charge >= 0.3 is 5.97 Å². The summed E-state index contributed by atoms with van der Waals surface area (Å²) in [5, 5.41) is 0. The molecule has 4 fully saturated rings. The van der Waals surface area contributed by atoms with Gasteiger partial charge in [0.2, 0.25) is 0 Å². The first kappa shape index (κ1) is 18.5. The molecule has 2 aliphatic carbocycles. The molecule has 0 amide bonds. The van der Waals surface area contributed by atoms with Crippen LogP contribution in [0, 0.1) is 29.1 Å². The highest BCUT2D eigenvalue weighted by atomic mass is 16.6. The molecule has 2 aliphatic heterocycles. The number of allylic oxidation sites excluding steroid dienone is 1. The summed E-state index contributed by atoms with van der Waals surface area (Å²) in [5.74, 6) is 1.77. The van der Waals surface area contributed by atoms with Gasteiger partial charge in [-0.2, -0.15) is 0 Å². The number of nitrogens with zero attached hydrogens (tertiary/aromatic N) is 1. The van der Waals surface area contributed by atoms with E-state index in [0.717, 1.165) is 6.42 Å². The number of ether oxygens (including phenoxy) is 1. The van der Waals surface area contributed by atoms with E-state index >= 15 is 0 Å². The van der Waals surface area contributed by atoms with E-state index in [4.69, 9.17) is 4.74 Å². The Morgan fingerprint density at radius 1 is 1.12 bits per heavy atom. The van der Waals surface area contributed by atoms with Crippen LogP contribution >= 0.6 is 0 Å². The number of fused-ring (bicyclic) bond motifs is 2. The molecule has 0 aromatic carbocycles. The molecule has 3 heteroatoms. The second kappa shape index (κ2) is 6.96. The van der Waals surface area contributed by atoms with Gasteiger partial charge in [0.25, 0.3) is 0 Å². The summed E-state index contributed by atoms with van der Waals surface area (Å²) in [5.41, 5.74) is 0.344. The lowest BCUT2D eigenvalue weighted by Gasteiger charge is -2.54. The summed E-state index contributed by atoms with van der Waals surface area (Å²) < 4.78 is 5.74. The van der Waals surface area contributed by atoms with Gasteiger partial charge < -0.3 is 4.74 Å². The first-order valence-electron chi connectivity index (χ1n) is 11.0. The predicted molar refractivity (Wildman–Crippen MR) is 105 cm³/mol. The lowest BCUT2D eigenvalue weighted by molar-refractivity contribution is -0.144. The van der Waals surface area contributed by atoms with Crippen molar-refractivity contribution in [2.75, 3.05) is 7.05 Å². The molecule has 0 aromatic heterocycles. The van der Waals surface area contributed by atoms with Crippen molar-refractivity contribution in [1.82, 2.24) is 4.90 Å². The maximum Gasteiger partial charge on any atom is 0.309 e.